The highest BCUT2D eigenvalue weighted by Crippen LogP contribution is 2.29. The van der Waals surface area contributed by atoms with Crippen molar-refractivity contribution >= 4 is 39.0 Å². The Morgan fingerprint density at radius 1 is 1.40 bits per heavy atom. The molecule has 4 N–H and O–H groups in total. The van der Waals surface area contributed by atoms with Gasteiger partial charge in [-0.2, -0.15) is 0 Å². The maximum absolute atomic E-state index is 11.4. The molecule has 0 fully saturated rings. The predicted molar refractivity (Wildman–Crippen MR) is 84.3 cm³/mol. The van der Waals surface area contributed by atoms with E-state index in [4.69, 9.17) is 5.73 Å². The summed E-state index contributed by atoms with van der Waals surface area (Å²) in [6, 6.07) is 3.77. The fraction of sp³-hybridized carbons (Fsp3) is 0.385. The van der Waals surface area contributed by atoms with E-state index in [0.29, 0.717) is 18.8 Å². The lowest BCUT2D eigenvalue weighted by Crippen LogP contribution is -2.37. The quantitative estimate of drug-likeness (QED) is 0.593. The van der Waals surface area contributed by atoms with E-state index in [-0.39, 0.29) is 6.03 Å². The van der Waals surface area contributed by atoms with Gasteiger partial charge in [-0.1, -0.05) is 0 Å². The highest BCUT2D eigenvalue weighted by atomic mass is 32.1. The zero-order valence-corrected chi connectivity index (χ0v) is 12.7. The topological polar surface area (TPSA) is 83.3 Å². The Hall–Kier alpha value is -2.02. The first-order chi connectivity index (χ1) is 9.47. The van der Waals surface area contributed by atoms with Gasteiger partial charge >= 0.3 is 6.03 Å². The largest absolute Gasteiger partial charge is 0.397 e. The molecule has 1 heterocycles. The fourth-order valence-electron chi connectivity index (χ4n) is 1.78. The molecule has 2 amide bonds. The van der Waals surface area contributed by atoms with Crippen molar-refractivity contribution in [1.29, 1.82) is 0 Å². The SMILES string of the molecule is Cc1nc2cc(NCCNC(=O)N(C)C)c(N)cc2s1. The Bertz CT molecular complexity index is 622. The number of carbonyl (C=O) groups excluding carboxylic acids is 1. The van der Waals surface area contributed by atoms with Crippen LogP contribution in [0.2, 0.25) is 0 Å². The van der Waals surface area contributed by atoms with Crippen LogP contribution >= 0.6 is 11.3 Å². The van der Waals surface area contributed by atoms with E-state index in [0.717, 1.165) is 20.9 Å². The van der Waals surface area contributed by atoms with Crippen LogP contribution < -0.4 is 16.4 Å². The molecule has 0 bridgehead atoms. The average Bonchev–Trinajstić information content (AvgIpc) is 2.73. The van der Waals surface area contributed by atoms with E-state index in [1.54, 1.807) is 25.4 Å². The highest BCUT2D eigenvalue weighted by molar-refractivity contribution is 7.18. The van der Waals surface area contributed by atoms with Gasteiger partial charge in [0.25, 0.3) is 0 Å². The smallest absolute Gasteiger partial charge is 0.316 e. The maximum atomic E-state index is 11.4. The van der Waals surface area contributed by atoms with Crippen LogP contribution in [-0.4, -0.2) is 43.1 Å². The minimum Gasteiger partial charge on any atom is -0.397 e. The zero-order chi connectivity index (χ0) is 14.7. The number of nitrogen functional groups attached to an aromatic ring is 1. The third-order valence-corrected chi connectivity index (χ3v) is 3.72. The number of benzene rings is 1. The van der Waals surface area contributed by atoms with Gasteiger partial charge in [-0.05, 0) is 19.1 Å². The molecule has 0 spiro atoms. The molecule has 0 saturated heterocycles. The van der Waals surface area contributed by atoms with Crippen LogP contribution in [0.1, 0.15) is 5.01 Å². The first kappa shape index (κ1) is 14.4. The van der Waals surface area contributed by atoms with Gasteiger partial charge in [0.2, 0.25) is 0 Å². The average molecular weight is 293 g/mol. The molecule has 0 aliphatic rings. The van der Waals surface area contributed by atoms with Gasteiger partial charge in [0, 0.05) is 27.2 Å². The molecule has 6 nitrogen and oxygen atoms in total. The van der Waals surface area contributed by atoms with E-state index in [2.05, 4.69) is 15.6 Å². The molecule has 2 aromatic rings. The molecule has 1 aromatic heterocycles. The molecule has 0 unspecified atom stereocenters. The van der Waals surface area contributed by atoms with Gasteiger partial charge in [-0.15, -0.1) is 11.3 Å². The van der Waals surface area contributed by atoms with Gasteiger partial charge < -0.3 is 21.3 Å². The molecule has 20 heavy (non-hydrogen) atoms. The van der Waals surface area contributed by atoms with Crippen LogP contribution in [0.3, 0.4) is 0 Å². The van der Waals surface area contributed by atoms with Crippen molar-refractivity contribution in [3.05, 3.63) is 17.1 Å². The van der Waals surface area contributed by atoms with Crippen LogP contribution in [0, 0.1) is 6.92 Å². The summed E-state index contributed by atoms with van der Waals surface area (Å²) in [7, 11) is 3.42. The van der Waals surface area contributed by atoms with E-state index in [9.17, 15) is 4.79 Å². The van der Waals surface area contributed by atoms with Crippen molar-refractivity contribution in [1.82, 2.24) is 15.2 Å². The zero-order valence-electron chi connectivity index (χ0n) is 11.9. The predicted octanol–water partition coefficient (Wildman–Crippen LogP) is 1.87. The number of nitrogens with zero attached hydrogens (tertiary/aromatic N) is 2. The number of anilines is 2. The lowest BCUT2D eigenvalue weighted by molar-refractivity contribution is 0.218. The van der Waals surface area contributed by atoms with Crippen molar-refractivity contribution in [2.45, 2.75) is 6.92 Å². The Kier molecular flexibility index (Phi) is 4.29. The van der Waals surface area contributed by atoms with Crippen molar-refractivity contribution in [3.63, 3.8) is 0 Å². The summed E-state index contributed by atoms with van der Waals surface area (Å²) >= 11 is 1.63. The summed E-state index contributed by atoms with van der Waals surface area (Å²) in [5.41, 5.74) is 8.50. The second-order valence-corrected chi connectivity index (χ2v) is 5.93. The monoisotopic (exact) mass is 293 g/mol. The Morgan fingerprint density at radius 3 is 2.85 bits per heavy atom. The van der Waals surface area contributed by atoms with Crippen molar-refractivity contribution < 1.29 is 4.79 Å². The normalized spacial score (nSPS) is 10.6. The van der Waals surface area contributed by atoms with Gasteiger partial charge in [-0.25, -0.2) is 9.78 Å². The van der Waals surface area contributed by atoms with E-state index >= 15 is 0 Å². The first-order valence-electron chi connectivity index (χ1n) is 6.33. The number of hydrogen-bond acceptors (Lipinski definition) is 5. The van der Waals surface area contributed by atoms with Gasteiger partial charge in [0.15, 0.2) is 0 Å². The third-order valence-electron chi connectivity index (χ3n) is 2.79. The minimum atomic E-state index is -0.106. The van der Waals surface area contributed by atoms with Crippen LogP contribution in [0.15, 0.2) is 12.1 Å². The van der Waals surface area contributed by atoms with Crippen LogP contribution in [0.25, 0.3) is 10.2 Å². The van der Waals surface area contributed by atoms with Crippen LogP contribution in [0.4, 0.5) is 16.2 Å². The van der Waals surface area contributed by atoms with E-state index < -0.39 is 0 Å². The molecular weight excluding hydrogens is 274 g/mol. The van der Waals surface area contributed by atoms with Gasteiger partial charge in [-0.3, -0.25) is 0 Å². The lowest BCUT2D eigenvalue weighted by atomic mass is 10.2. The molecule has 2 rings (SSSR count). The summed E-state index contributed by atoms with van der Waals surface area (Å²) in [6.45, 7) is 3.12. The number of thiazole rings is 1. The molecule has 0 radical (unpaired) electrons. The molecule has 7 heteroatoms. The Balaban J connectivity index is 1.96. The summed E-state index contributed by atoms with van der Waals surface area (Å²) in [5.74, 6) is 0. The number of amides is 2. The number of hydrogen-bond donors (Lipinski definition) is 3. The highest BCUT2D eigenvalue weighted by Gasteiger charge is 2.06. The Morgan fingerprint density at radius 2 is 2.15 bits per heavy atom. The molecule has 0 aliphatic carbocycles. The summed E-state index contributed by atoms with van der Waals surface area (Å²) in [5, 5.41) is 7.02. The molecule has 1 aromatic carbocycles. The molecule has 0 aliphatic heterocycles. The molecule has 108 valence electrons. The van der Waals surface area contributed by atoms with E-state index in [1.165, 1.54) is 4.90 Å². The fourth-order valence-corrected chi connectivity index (χ4v) is 2.64. The van der Waals surface area contributed by atoms with Crippen molar-refractivity contribution in [2.24, 2.45) is 0 Å². The second kappa shape index (κ2) is 5.96. The number of nitrogens with one attached hydrogen (secondary N) is 2. The number of urea groups is 1. The molecule has 0 atom stereocenters. The minimum absolute atomic E-state index is 0.106. The lowest BCUT2D eigenvalue weighted by Gasteiger charge is -2.13. The number of rotatable bonds is 4. The Labute approximate surface area is 122 Å². The number of nitrogens with two attached hydrogens (primary N) is 1. The standard InChI is InChI=1S/C13H19N5OS/c1-8-17-11-7-10(9(14)6-12(11)20-8)15-4-5-16-13(19)18(2)3/h6-7,15H,4-5,14H2,1-3H3,(H,16,19). The van der Waals surface area contributed by atoms with E-state index in [1.807, 2.05) is 19.1 Å². The maximum Gasteiger partial charge on any atom is 0.316 e. The molecule has 0 saturated carbocycles. The second-order valence-electron chi connectivity index (χ2n) is 4.69. The number of carbonyl (C=O) groups is 1. The summed E-state index contributed by atoms with van der Waals surface area (Å²) < 4.78 is 1.09. The number of fused-ring (bicyclic) bond motifs is 1. The van der Waals surface area contributed by atoms with Crippen molar-refractivity contribution in [3.8, 4) is 0 Å². The third kappa shape index (κ3) is 3.30. The van der Waals surface area contributed by atoms with Crippen LogP contribution in [-0.2, 0) is 0 Å². The van der Waals surface area contributed by atoms with Crippen LogP contribution in [0.5, 0.6) is 0 Å². The molecular formula is C13H19N5OS. The first-order valence-corrected chi connectivity index (χ1v) is 7.14. The number of aromatic nitrogens is 1. The van der Waals surface area contributed by atoms with Crippen molar-refractivity contribution in [2.75, 3.05) is 38.2 Å². The number of aryl methyl sites for hydroxylation is 1. The summed E-state index contributed by atoms with van der Waals surface area (Å²) in [4.78, 5) is 17.3. The van der Waals surface area contributed by atoms with Gasteiger partial charge in [0.1, 0.15) is 0 Å². The van der Waals surface area contributed by atoms with Gasteiger partial charge in [0.05, 0.1) is 26.6 Å². The summed E-state index contributed by atoms with van der Waals surface area (Å²) in [6.07, 6.45) is 0.